The van der Waals surface area contributed by atoms with Crippen molar-refractivity contribution in [2.45, 2.75) is 17.5 Å². The number of amides is 1. The molecule has 0 aliphatic rings. The number of nitrogens with one attached hydrogen (secondary N) is 1. The third kappa shape index (κ3) is 3.20. The highest BCUT2D eigenvalue weighted by Gasteiger charge is 2.25. The first-order valence-corrected chi connectivity index (χ1v) is 8.26. The second-order valence-corrected chi connectivity index (χ2v) is 6.49. The van der Waals surface area contributed by atoms with E-state index in [2.05, 4.69) is 10.3 Å². The van der Waals surface area contributed by atoms with Crippen molar-refractivity contribution in [3.63, 3.8) is 0 Å². The smallest absolute Gasteiger partial charge is 0.259 e. The van der Waals surface area contributed by atoms with E-state index in [9.17, 15) is 9.59 Å². The summed E-state index contributed by atoms with van der Waals surface area (Å²) in [6, 6.07) is 10.9. The van der Waals surface area contributed by atoms with Gasteiger partial charge in [0, 0.05) is 6.92 Å². The van der Waals surface area contributed by atoms with Crippen molar-refractivity contribution in [3.8, 4) is 0 Å². The molecule has 2 aromatic heterocycles. The number of para-hydroxylation sites is 2. The van der Waals surface area contributed by atoms with Gasteiger partial charge in [-0.05, 0) is 35.3 Å². The minimum Gasteiger partial charge on any atom is -0.431 e. The summed E-state index contributed by atoms with van der Waals surface area (Å²) in [5, 5.41) is 4.06. The summed E-state index contributed by atoms with van der Waals surface area (Å²) < 4.78 is 5.60. The number of rotatable bonds is 5. The second kappa shape index (κ2) is 6.33. The molecular formula is C15H12N2O3S2. The highest BCUT2D eigenvalue weighted by Crippen LogP contribution is 2.28. The van der Waals surface area contributed by atoms with Gasteiger partial charge in [-0.2, -0.15) is 0 Å². The number of carbonyl (C=O) groups excluding carboxylic acids is 2. The Bertz CT molecular complexity index is 778. The Morgan fingerprint density at radius 1 is 1.27 bits per heavy atom. The number of fused-ring (bicyclic) bond motifs is 1. The Morgan fingerprint density at radius 2 is 2.09 bits per heavy atom. The van der Waals surface area contributed by atoms with Crippen LogP contribution >= 0.6 is 23.1 Å². The number of hydrogen-bond acceptors (Lipinski definition) is 6. The van der Waals surface area contributed by atoms with Gasteiger partial charge in [-0.15, -0.1) is 11.3 Å². The Labute approximate surface area is 134 Å². The molecule has 5 nitrogen and oxygen atoms in total. The van der Waals surface area contributed by atoms with Gasteiger partial charge in [0.1, 0.15) is 10.9 Å². The van der Waals surface area contributed by atoms with Crippen molar-refractivity contribution < 1.29 is 14.0 Å². The van der Waals surface area contributed by atoms with E-state index in [1.807, 2.05) is 23.6 Å². The van der Waals surface area contributed by atoms with E-state index >= 15 is 0 Å². The van der Waals surface area contributed by atoms with Gasteiger partial charge in [0.25, 0.3) is 5.22 Å². The molecule has 1 amide bonds. The minimum absolute atomic E-state index is 0.169. The summed E-state index contributed by atoms with van der Waals surface area (Å²) in [6.45, 7) is 1.38. The van der Waals surface area contributed by atoms with Crippen LogP contribution in [0.4, 0.5) is 0 Å². The molecule has 0 fully saturated rings. The van der Waals surface area contributed by atoms with Crippen LogP contribution in [0.15, 0.2) is 51.4 Å². The second-order valence-electron chi connectivity index (χ2n) is 4.49. The van der Waals surface area contributed by atoms with Crippen molar-refractivity contribution >= 4 is 45.9 Å². The average molecular weight is 332 g/mol. The van der Waals surface area contributed by atoms with Gasteiger partial charge >= 0.3 is 0 Å². The predicted octanol–water partition coefficient (Wildman–Crippen LogP) is 3.33. The first kappa shape index (κ1) is 14.8. The van der Waals surface area contributed by atoms with Gasteiger partial charge in [0.15, 0.2) is 5.58 Å². The summed E-state index contributed by atoms with van der Waals surface area (Å²) >= 11 is 2.43. The van der Waals surface area contributed by atoms with E-state index in [4.69, 9.17) is 4.42 Å². The van der Waals surface area contributed by atoms with Crippen molar-refractivity contribution in [3.05, 3.63) is 46.7 Å². The highest BCUT2D eigenvalue weighted by molar-refractivity contribution is 8.00. The predicted molar refractivity (Wildman–Crippen MR) is 86.1 cm³/mol. The zero-order valence-electron chi connectivity index (χ0n) is 11.6. The van der Waals surface area contributed by atoms with Crippen LogP contribution in [0.5, 0.6) is 0 Å². The molecule has 3 aromatic rings. The van der Waals surface area contributed by atoms with Crippen LogP contribution in [-0.2, 0) is 4.79 Å². The molecule has 0 saturated carbocycles. The van der Waals surface area contributed by atoms with E-state index in [1.165, 1.54) is 18.3 Å². The molecule has 1 aromatic carbocycles. The SMILES string of the molecule is CC(=O)N[C@@H](Sc1nc2ccccc2o1)C(=O)c1cccs1. The maximum absolute atomic E-state index is 12.5. The largest absolute Gasteiger partial charge is 0.431 e. The molecular weight excluding hydrogens is 320 g/mol. The lowest BCUT2D eigenvalue weighted by molar-refractivity contribution is -0.119. The van der Waals surface area contributed by atoms with Crippen molar-refractivity contribution in [2.24, 2.45) is 0 Å². The van der Waals surface area contributed by atoms with Gasteiger partial charge in [-0.1, -0.05) is 18.2 Å². The molecule has 1 N–H and O–H groups in total. The lowest BCUT2D eigenvalue weighted by atomic mass is 10.3. The van der Waals surface area contributed by atoms with E-state index in [0.29, 0.717) is 15.7 Å². The summed E-state index contributed by atoms with van der Waals surface area (Å²) in [4.78, 5) is 28.7. The van der Waals surface area contributed by atoms with Crippen molar-refractivity contribution in [1.29, 1.82) is 0 Å². The van der Waals surface area contributed by atoms with Gasteiger partial charge in [0.2, 0.25) is 11.7 Å². The molecule has 7 heteroatoms. The Balaban J connectivity index is 1.86. The number of benzene rings is 1. The number of thiophene rings is 1. The number of nitrogens with zero attached hydrogens (tertiary/aromatic N) is 1. The molecule has 0 aliphatic carbocycles. The summed E-state index contributed by atoms with van der Waals surface area (Å²) in [7, 11) is 0. The fourth-order valence-electron chi connectivity index (χ4n) is 1.88. The van der Waals surface area contributed by atoms with Gasteiger partial charge in [-0.3, -0.25) is 9.59 Å². The monoisotopic (exact) mass is 332 g/mol. The molecule has 0 saturated heterocycles. The normalized spacial score (nSPS) is 12.2. The standard InChI is InChI=1S/C15H12N2O3S2/c1-9(18)16-14(13(19)12-7-4-8-21-12)22-15-17-10-5-2-3-6-11(10)20-15/h2-8,14H,1H3,(H,16,18)/t14-/m0/s1. The Kier molecular flexibility index (Phi) is 4.26. The summed E-state index contributed by atoms with van der Waals surface area (Å²) in [5.41, 5.74) is 1.37. The Morgan fingerprint density at radius 3 is 2.77 bits per heavy atom. The van der Waals surface area contributed by atoms with Crippen molar-refractivity contribution in [2.75, 3.05) is 0 Å². The summed E-state index contributed by atoms with van der Waals surface area (Å²) in [5.74, 6) is -0.448. The number of oxazole rings is 1. The van der Waals surface area contributed by atoms with Crippen LogP contribution in [0.2, 0.25) is 0 Å². The lowest BCUT2D eigenvalue weighted by Gasteiger charge is -2.13. The minimum atomic E-state index is -0.760. The van der Waals surface area contributed by atoms with Gasteiger partial charge in [-0.25, -0.2) is 4.98 Å². The molecule has 0 radical (unpaired) electrons. The van der Waals surface area contributed by atoms with Gasteiger partial charge < -0.3 is 9.73 Å². The number of Topliss-reactive ketones (excluding diaryl/α,β-unsaturated/α-hetero) is 1. The maximum atomic E-state index is 12.5. The zero-order valence-corrected chi connectivity index (χ0v) is 13.2. The first-order chi connectivity index (χ1) is 10.6. The zero-order chi connectivity index (χ0) is 15.5. The molecule has 3 rings (SSSR count). The van der Waals surface area contributed by atoms with Crippen LogP contribution < -0.4 is 5.32 Å². The maximum Gasteiger partial charge on any atom is 0.259 e. The quantitative estimate of drug-likeness (QED) is 0.441. The number of hydrogen-bond donors (Lipinski definition) is 1. The first-order valence-electron chi connectivity index (χ1n) is 6.50. The molecule has 22 heavy (non-hydrogen) atoms. The lowest BCUT2D eigenvalue weighted by Crippen LogP contribution is -2.36. The average Bonchev–Trinajstić information content (AvgIpc) is 3.14. The third-order valence-corrected chi connectivity index (χ3v) is 4.66. The number of ketones is 1. The van der Waals surface area contributed by atoms with E-state index in [1.54, 1.807) is 18.2 Å². The van der Waals surface area contributed by atoms with Gasteiger partial charge in [0.05, 0.1) is 4.88 Å². The fraction of sp³-hybridized carbons (Fsp3) is 0.133. The van der Waals surface area contributed by atoms with Crippen molar-refractivity contribution in [1.82, 2.24) is 10.3 Å². The molecule has 0 aliphatic heterocycles. The number of aromatic nitrogens is 1. The Hall–Kier alpha value is -2.12. The van der Waals surface area contributed by atoms with Crippen LogP contribution in [0, 0.1) is 0 Å². The number of carbonyl (C=O) groups is 2. The van der Waals surface area contributed by atoms with Crippen LogP contribution in [0.3, 0.4) is 0 Å². The molecule has 0 spiro atoms. The topological polar surface area (TPSA) is 72.2 Å². The molecule has 0 unspecified atom stereocenters. The molecule has 0 bridgehead atoms. The van der Waals surface area contributed by atoms with Crippen LogP contribution in [0.25, 0.3) is 11.1 Å². The number of thioether (sulfide) groups is 1. The van der Waals surface area contributed by atoms with E-state index in [-0.39, 0.29) is 11.7 Å². The summed E-state index contributed by atoms with van der Waals surface area (Å²) in [6.07, 6.45) is 0. The molecule has 2 heterocycles. The van der Waals surface area contributed by atoms with E-state index < -0.39 is 5.37 Å². The molecule has 112 valence electrons. The molecule has 1 atom stereocenters. The van der Waals surface area contributed by atoms with E-state index in [0.717, 1.165) is 17.3 Å². The van der Waals surface area contributed by atoms with Crippen LogP contribution in [-0.4, -0.2) is 22.0 Å². The highest BCUT2D eigenvalue weighted by atomic mass is 32.2. The third-order valence-electron chi connectivity index (χ3n) is 2.83. The van der Waals surface area contributed by atoms with Crippen LogP contribution in [0.1, 0.15) is 16.6 Å². The fourth-order valence-corrected chi connectivity index (χ4v) is 3.60.